The Bertz CT molecular complexity index is 944. The highest BCUT2D eigenvalue weighted by Gasteiger charge is 2.27. The number of nitro groups is 1. The smallest absolute Gasteiger partial charge is 0.349 e. The molecule has 0 amide bonds. The van der Waals surface area contributed by atoms with E-state index in [4.69, 9.17) is 10.5 Å². The Morgan fingerprint density at radius 3 is 2.50 bits per heavy atom. The number of ketones is 1. The lowest BCUT2D eigenvalue weighted by Gasteiger charge is -2.21. The van der Waals surface area contributed by atoms with Gasteiger partial charge in [0.1, 0.15) is 6.33 Å². The van der Waals surface area contributed by atoms with E-state index in [1.54, 1.807) is 24.3 Å². The normalized spacial score (nSPS) is 9.82. The molecule has 10 nitrogen and oxygen atoms in total. The van der Waals surface area contributed by atoms with Gasteiger partial charge in [-0.1, -0.05) is 12.1 Å². The van der Waals surface area contributed by atoms with Gasteiger partial charge in [0.15, 0.2) is 5.78 Å². The van der Waals surface area contributed by atoms with Gasteiger partial charge >= 0.3 is 5.69 Å². The van der Waals surface area contributed by atoms with E-state index in [1.807, 2.05) is 12.1 Å². The first-order valence-electron chi connectivity index (χ1n) is 8.34. The Kier molecular flexibility index (Phi) is 6.94. The topological polar surface area (TPSA) is 149 Å². The van der Waals surface area contributed by atoms with Crippen LogP contribution in [0.1, 0.15) is 30.1 Å². The van der Waals surface area contributed by atoms with Crippen LogP contribution in [0.4, 0.5) is 23.0 Å². The van der Waals surface area contributed by atoms with Crippen molar-refractivity contribution >= 4 is 28.8 Å². The number of Topliss-reactive ketones (excluding diaryl/α,β-unsaturated/α-hetero) is 1. The number of anilines is 3. The standard InChI is InChI=1S/C18H17N7O3/c1-13(26)14-5-2-6-15(11-14)23-17-16(25(27)28)18(22-12-21-17)24(9-3-7-19)10-4-8-20/h2,5-6,11-12H,3-4,9-10H2,1H3,(H,21,22,23). The largest absolute Gasteiger partial charge is 0.353 e. The maximum Gasteiger partial charge on any atom is 0.353 e. The van der Waals surface area contributed by atoms with Gasteiger partial charge in [-0.05, 0) is 19.1 Å². The molecule has 0 bridgehead atoms. The monoisotopic (exact) mass is 379 g/mol. The molecular weight excluding hydrogens is 362 g/mol. The van der Waals surface area contributed by atoms with E-state index in [1.165, 1.54) is 18.2 Å². The molecule has 28 heavy (non-hydrogen) atoms. The third-order valence-corrected chi connectivity index (χ3v) is 3.80. The SMILES string of the molecule is CC(=O)c1cccc(Nc2ncnc(N(CCC#N)CCC#N)c2[N+](=O)[O-])c1. The summed E-state index contributed by atoms with van der Waals surface area (Å²) in [6, 6.07) is 10.5. The molecule has 0 atom stereocenters. The number of carbonyl (C=O) groups is 1. The van der Waals surface area contributed by atoms with Gasteiger partial charge < -0.3 is 10.2 Å². The van der Waals surface area contributed by atoms with Crippen molar-refractivity contribution in [2.75, 3.05) is 23.3 Å². The number of aromatic nitrogens is 2. The third kappa shape index (κ3) is 4.99. The summed E-state index contributed by atoms with van der Waals surface area (Å²) >= 11 is 0. The first-order valence-corrected chi connectivity index (χ1v) is 8.34. The lowest BCUT2D eigenvalue weighted by atomic mass is 10.1. The van der Waals surface area contributed by atoms with E-state index >= 15 is 0 Å². The van der Waals surface area contributed by atoms with Gasteiger partial charge in [0.2, 0.25) is 11.6 Å². The number of hydrogen-bond donors (Lipinski definition) is 1. The molecule has 2 aromatic rings. The quantitative estimate of drug-likeness (QED) is 0.394. The van der Waals surface area contributed by atoms with Gasteiger partial charge in [-0.15, -0.1) is 0 Å². The molecule has 1 N–H and O–H groups in total. The Balaban J connectivity index is 2.46. The minimum absolute atomic E-state index is 0.0238. The fourth-order valence-electron chi connectivity index (χ4n) is 2.51. The average molecular weight is 379 g/mol. The number of nitriles is 2. The van der Waals surface area contributed by atoms with Crippen LogP contribution in [0.25, 0.3) is 0 Å². The van der Waals surface area contributed by atoms with Crippen LogP contribution in [0.2, 0.25) is 0 Å². The maximum absolute atomic E-state index is 11.7. The highest BCUT2D eigenvalue weighted by molar-refractivity contribution is 5.95. The van der Waals surface area contributed by atoms with Gasteiger partial charge in [0.05, 0.1) is 29.9 Å². The van der Waals surface area contributed by atoms with Crippen molar-refractivity contribution in [3.63, 3.8) is 0 Å². The fraction of sp³-hybridized carbons (Fsp3) is 0.278. The van der Waals surface area contributed by atoms with Crippen molar-refractivity contribution in [2.24, 2.45) is 0 Å². The van der Waals surface area contributed by atoms with Crippen LogP contribution in [0, 0.1) is 32.8 Å². The maximum atomic E-state index is 11.7. The van der Waals surface area contributed by atoms with E-state index in [9.17, 15) is 14.9 Å². The van der Waals surface area contributed by atoms with Crippen LogP contribution in [0.15, 0.2) is 30.6 Å². The van der Waals surface area contributed by atoms with Crippen molar-refractivity contribution in [1.29, 1.82) is 10.5 Å². The first-order chi connectivity index (χ1) is 13.5. The third-order valence-electron chi connectivity index (χ3n) is 3.80. The number of rotatable bonds is 9. The summed E-state index contributed by atoms with van der Waals surface area (Å²) in [5.74, 6) is -0.161. The summed E-state index contributed by atoms with van der Waals surface area (Å²) in [4.78, 5) is 32.2. The summed E-state index contributed by atoms with van der Waals surface area (Å²) in [5.41, 5.74) is 0.541. The fourth-order valence-corrected chi connectivity index (χ4v) is 2.51. The Hall–Kier alpha value is -4.05. The van der Waals surface area contributed by atoms with Crippen LogP contribution >= 0.6 is 0 Å². The number of benzene rings is 1. The molecule has 1 aromatic carbocycles. The van der Waals surface area contributed by atoms with Crippen molar-refractivity contribution < 1.29 is 9.72 Å². The number of carbonyl (C=O) groups excluding carboxylic acids is 1. The second-order valence-corrected chi connectivity index (χ2v) is 5.72. The number of hydrogen-bond acceptors (Lipinski definition) is 9. The summed E-state index contributed by atoms with van der Waals surface area (Å²) in [7, 11) is 0. The lowest BCUT2D eigenvalue weighted by Crippen LogP contribution is -2.27. The number of nitrogens with zero attached hydrogens (tertiary/aromatic N) is 6. The zero-order valence-corrected chi connectivity index (χ0v) is 15.1. The lowest BCUT2D eigenvalue weighted by molar-refractivity contribution is -0.383. The van der Waals surface area contributed by atoms with E-state index in [2.05, 4.69) is 15.3 Å². The molecule has 0 saturated heterocycles. The molecule has 0 spiro atoms. The minimum Gasteiger partial charge on any atom is -0.349 e. The van der Waals surface area contributed by atoms with Gasteiger partial charge in [-0.3, -0.25) is 14.9 Å². The zero-order valence-electron chi connectivity index (χ0n) is 15.1. The molecule has 0 aliphatic rings. The zero-order chi connectivity index (χ0) is 20.5. The second kappa shape index (κ2) is 9.59. The van der Waals surface area contributed by atoms with Crippen LogP contribution in [-0.2, 0) is 0 Å². The van der Waals surface area contributed by atoms with Gasteiger partial charge in [0.25, 0.3) is 0 Å². The Morgan fingerprint density at radius 1 is 1.25 bits per heavy atom. The van der Waals surface area contributed by atoms with Crippen molar-refractivity contribution in [3.8, 4) is 12.1 Å². The highest BCUT2D eigenvalue weighted by Crippen LogP contribution is 2.33. The average Bonchev–Trinajstić information content (AvgIpc) is 2.68. The molecule has 0 unspecified atom stereocenters. The molecule has 0 aliphatic carbocycles. The molecule has 0 fully saturated rings. The van der Waals surface area contributed by atoms with E-state index in [0.29, 0.717) is 11.3 Å². The Labute approximate surface area is 161 Å². The first kappa shape index (κ1) is 20.3. The summed E-state index contributed by atoms with van der Waals surface area (Å²) in [6.45, 7) is 1.80. The molecule has 0 radical (unpaired) electrons. The van der Waals surface area contributed by atoms with Crippen LogP contribution in [0.5, 0.6) is 0 Å². The molecule has 1 aromatic heterocycles. The molecule has 10 heteroatoms. The highest BCUT2D eigenvalue weighted by atomic mass is 16.6. The summed E-state index contributed by atoms with van der Waals surface area (Å²) < 4.78 is 0. The summed E-state index contributed by atoms with van der Waals surface area (Å²) in [6.07, 6.45) is 1.41. The molecule has 0 saturated carbocycles. The molecule has 1 heterocycles. The summed E-state index contributed by atoms with van der Waals surface area (Å²) in [5, 5.41) is 32.3. The second-order valence-electron chi connectivity index (χ2n) is 5.72. The van der Waals surface area contributed by atoms with Gasteiger partial charge in [-0.2, -0.15) is 10.5 Å². The van der Waals surface area contributed by atoms with E-state index in [-0.39, 0.29) is 49.0 Å². The molecular formula is C18H17N7O3. The van der Waals surface area contributed by atoms with Crippen LogP contribution < -0.4 is 10.2 Å². The van der Waals surface area contributed by atoms with E-state index in [0.717, 1.165) is 0 Å². The van der Waals surface area contributed by atoms with Crippen molar-refractivity contribution in [1.82, 2.24) is 9.97 Å². The van der Waals surface area contributed by atoms with Gasteiger partial charge in [0, 0.05) is 24.3 Å². The predicted octanol–water partition coefficient (Wildman–Crippen LogP) is 2.96. The van der Waals surface area contributed by atoms with Crippen molar-refractivity contribution in [2.45, 2.75) is 19.8 Å². The minimum atomic E-state index is -0.613. The predicted molar refractivity (Wildman–Crippen MR) is 101 cm³/mol. The molecule has 0 aliphatic heterocycles. The molecule has 2 rings (SSSR count). The van der Waals surface area contributed by atoms with Crippen LogP contribution in [0.3, 0.4) is 0 Å². The van der Waals surface area contributed by atoms with Crippen LogP contribution in [-0.4, -0.2) is 33.8 Å². The van der Waals surface area contributed by atoms with Gasteiger partial charge in [-0.25, -0.2) is 9.97 Å². The molecule has 142 valence electrons. The van der Waals surface area contributed by atoms with E-state index < -0.39 is 4.92 Å². The van der Waals surface area contributed by atoms with Crippen molar-refractivity contribution in [3.05, 3.63) is 46.3 Å². The Morgan fingerprint density at radius 2 is 1.93 bits per heavy atom. The number of nitrogens with one attached hydrogen (secondary N) is 1.